The molecule has 2 amide bonds. The summed E-state index contributed by atoms with van der Waals surface area (Å²) in [5, 5.41) is 3.22. The number of nitrogens with zero attached hydrogens (tertiary/aromatic N) is 2. The first kappa shape index (κ1) is 20.8. The SMILES string of the molecule is C=C1COc2ccc3c(c2OC1)NC(=O)[C@@]31C[C@@]23CN4CCCC[C@]4(C[C@@H]2C1(C)C)C(=O)N3C. The van der Waals surface area contributed by atoms with Crippen LogP contribution in [0.1, 0.15) is 51.5 Å². The van der Waals surface area contributed by atoms with Crippen LogP contribution < -0.4 is 14.8 Å². The molecule has 7 heteroatoms. The summed E-state index contributed by atoms with van der Waals surface area (Å²) in [6.07, 6.45) is 4.65. The fourth-order valence-electron chi connectivity index (χ4n) is 8.77. The van der Waals surface area contributed by atoms with Crippen LogP contribution in [0.3, 0.4) is 0 Å². The average molecular weight is 464 g/mol. The third-order valence-electron chi connectivity index (χ3n) is 10.5. The van der Waals surface area contributed by atoms with Gasteiger partial charge in [0.05, 0.1) is 16.6 Å². The third-order valence-corrected chi connectivity index (χ3v) is 10.5. The Labute approximate surface area is 200 Å². The van der Waals surface area contributed by atoms with E-state index in [0.29, 0.717) is 31.1 Å². The third kappa shape index (κ3) is 2.07. The number of benzene rings is 1. The topological polar surface area (TPSA) is 71.1 Å². The molecule has 0 radical (unpaired) electrons. The fraction of sp³-hybridized carbons (Fsp3) is 0.630. The van der Waals surface area contributed by atoms with Gasteiger partial charge in [0.1, 0.15) is 18.8 Å². The zero-order chi connectivity index (χ0) is 23.7. The first-order valence-corrected chi connectivity index (χ1v) is 12.6. The van der Waals surface area contributed by atoms with Crippen LogP contribution in [0.4, 0.5) is 5.69 Å². The van der Waals surface area contributed by atoms with Crippen LogP contribution in [-0.2, 0) is 15.0 Å². The van der Waals surface area contributed by atoms with E-state index in [4.69, 9.17) is 9.47 Å². The highest BCUT2D eigenvalue weighted by Gasteiger charge is 2.79. The molecule has 8 rings (SSSR count). The quantitative estimate of drug-likeness (QED) is 0.599. The molecule has 1 aliphatic carbocycles. The van der Waals surface area contributed by atoms with Crippen molar-refractivity contribution in [2.45, 2.75) is 62.4 Å². The molecule has 6 heterocycles. The predicted molar refractivity (Wildman–Crippen MR) is 127 cm³/mol. The molecule has 180 valence electrons. The lowest BCUT2D eigenvalue weighted by atomic mass is 9.56. The number of anilines is 1. The van der Waals surface area contributed by atoms with Crippen LogP contribution in [0.2, 0.25) is 0 Å². The number of amides is 2. The number of nitrogens with one attached hydrogen (secondary N) is 1. The molecule has 3 spiro atoms. The summed E-state index contributed by atoms with van der Waals surface area (Å²) in [5.41, 5.74) is 0.770. The lowest BCUT2D eigenvalue weighted by molar-refractivity contribution is -0.196. The number of piperidine rings is 3. The number of fused-ring (bicyclic) bond motifs is 5. The average Bonchev–Trinajstić information content (AvgIpc) is 3.11. The summed E-state index contributed by atoms with van der Waals surface area (Å²) in [7, 11) is 1.99. The van der Waals surface area contributed by atoms with E-state index in [0.717, 1.165) is 55.6 Å². The normalized spacial score (nSPS) is 39.6. The molecule has 4 atom stereocenters. The number of likely N-dealkylation sites (N-methyl/N-ethyl adjacent to an activating group) is 1. The van der Waals surface area contributed by atoms with Crippen molar-refractivity contribution < 1.29 is 19.1 Å². The lowest BCUT2D eigenvalue weighted by Gasteiger charge is -2.67. The number of hydrogen-bond donors (Lipinski definition) is 1. The molecule has 1 aromatic carbocycles. The van der Waals surface area contributed by atoms with Gasteiger partial charge >= 0.3 is 0 Å². The molecule has 0 unspecified atom stereocenters. The van der Waals surface area contributed by atoms with Crippen LogP contribution in [-0.4, -0.2) is 66.0 Å². The van der Waals surface area contributed by atoms with Crippen LogP contribution in [0, 0.1) is 11.3 Å². The maximum atomic E-state index is 14.1. The number of carbonyl (C=O) groups is 2. The van der Waals surface area contributed by atoms with Gasteiger partial charge in [-0.05, 0) is 67.2 Å². The minimum atomic E-state index is -0.733. The van der Waals surface area contributed by atoms with Gasteiger partial charge < -0.3 is 19.7 Å². The maximum absolute atomic E-state index is 14.1. The van der Waals surface area contributed by atoms with Gasteiger partial charge in [0.15, 0.2) is 11.5 Å². The molecular formula is C27H33N3O4. The molecule has 4 saturated heterocycles. The van der Waals surface area contributed by atoms with Crippen molar-refractivity contribution >= 4 is 17.5 Å². The smallest absolute Gasteiger partial charge is 0.243 e. The van der Waals surface area contributed by atoms with Crippen molar-refractivity contribution in [1.29, 1.82) is 0 Å². The summed E-state index contributed by atoms with van der Waals surface area (Å²) in [6, 6.07) is 4.00. The zero-order valence-corrected chi connectivity index (χ0v) is 20.3. The number of carbonyl (C=O) groups excluding carboxylic acids is 2. The van der Waals surface area contributed by atoms with Crippen LogP contribution in [0.5, 0.6) is 11.5 Å². The van der Waals surface area contributed by atoms with Crippen molar-refractivity contribution in [2.24, 2.45) is 11.3 Å². The number of piperazine rings is 1. The Balaban J connectivity index is 1.41. The molecule has 2 bridgehead atoms. The van der Waals surface area contributed by atoms with Crippen molar-refractivity contribution in [3.8, 4) is 11.5 Å². The van der Waals surface area contributed by atoms with Crippen molar-refractivity contribution in [3.05, 3.63) is 29.8 Å². The fourth-order valence-corrected chi connectivity index (χ4v) is 8.77. The highest BCUT2D eigenvalue weighted by atomic mass is 16.5. The molecule has 5 fully saturated rings. The van der Waals surface area contributed by atoms with Gasteiger partial charge in [0.25, 0.3) is 0 Å². The second-order valence-corrected chi connectivity index (χ2v) is 12.0. The lowest BCUT2D eigenvalue weighted by Crippen LogP contribution is -2.80. The van der Waals surface area contributed by atoms with Gasteiger partial charge in [0.2, 0.25) is 11.8 Å². The van der Waals surface area contributed by atoms with E-state index >= 15 is 0 Å². The van der Waals surface area contributed by atoms with Crippen molar-refractivity contribution in [1.82, 2.24) is 9.80 Å². The van der Waals surface area contributed by atoms with Crippen molar-refractivity contribution in [3.63, 3.8) is 0 Å². The molecule has 7 aliphatic rings. The standard InChI is InChI=1S/C27H33N3O4/c1-16-12-33-18-8-7-17-20(21(18)34-13-16)28-22(31)27(17)14-26-15-30-10-6-5-9-25(30,23(32)29(26)4)11-19(26)24(27,2)3/h7-8,19H,1,5-6,9-15H2,2-4H3,(H,28,31)/t19-,25+,26-,27-/m1/s1. The van der Waals surface area contributed by atoms with E-state index in [1.807, 2.05) is 13.1 Å². The van der Waals surface area contributed by atoms with Gasteiger partial charge in [-0.2, -0.15) is 0 Å². The van der Waals surface area contributed by atoms with Gasteiger partial charge in [0, 0.05) is 13.6 Å². The van der Waals surface area contributed by atoms with E-state index in [1.165, 1.54) is 0 Å². The maximum Gasteiger partial charge on any atom is 0.243 e. The van der Waals surface area contributed by atoms with E-state index in [-0.39, 0.29) is 28.7 Å². The largest absolute Gasteiger partial charge is 0.485 e. The van der Waals surface area contributed by atoms with Crippen LogP contribution in [0.25, 0.3) is 0 Å². The Kier molecular flexibility index (Phi) is 3.77. The van der Waals surface area contributed by atoms with Gasteiger partial charge in [-0.3, -0.25) is 14.5 Å². The highest BCUT2D eigenvalue weighted by Crippen LogP contribution is 2.72. The van der Waals surface area contributed by atoms with E-state index in [1.54, 1.807) is 0 Å². The Morgan fingerprint density at radius 2 is 1.94 bits per heavy atom. The summed E-state index contributed by atoms with van der Waals surface area (Å²) in [5.74, 6) is 1.78. The van der Waals surface area contributed by atoms with Gasteiger partial charge in [-0.15, -0.1) is 0 Å². The summed E-state index contributed by atoms with van der Waals surface area (Å²) in [6.45, 7) is 11.1. The summed E-state index contributed by atoms with van der Waals surface area (Å²) in [4.78, 5) is 32.4. The molecule has 34 heavy (non-hydrogen) atoms. The van der Waals surface area contributed by atoms with Crippen molar-refractivity contribution in [2.75, 3.05) is 38.7 Å². The minimum Gasteiger partial charge on any atom is -0.485 e. The first-order chi connectivity index (χ1) is 16.2. The molecule has 7 nitrogen and oxygen atoms in total. The second-order valence-electron chi connectivity index (χ2n) is 12.0. The second kappa shape index (κ2) is 6.17. The number of ether oxygens (including phenoxy) is 2. The molecule has 1 saturated carbocycles. The summed E-state index contributed by atoms with van der Waals surface area (Å²) >= 11 is 0. The van der Waals surface area contributed by atoms with Gasteiger partial charge in [-0.25, -0.2) is 0 Å². The zero-order valence-electron chi connectivity index (χ0n) is 20.3. The Hall–Kier alpha value is -2.54. The molecular weight excluding hydrogens is 430 g/mol. The highest BCUT2D eigenvalue weighted by molar-refractivity contribution is 6.09. The number of hydrogen-bond acceptors (Lipinski definition) is 5. The predicted octanol–water partition coefficient (Wildman–Crippen LogP) is 3.09. The van der Waals surface area contributed by atoms with Crippen LogP contribution >= 0.6 is 0 Å². The minimum absolute atomic E-state index is 0.0242. The molecule has 1 aromatic rings. The Morgan fingerprint density at radius 1 is 1.15 bits per heavy atom. The molecule has 0 aromatic heterocycles. The Morgan fingerprint density at radius 3 is 2.76 bits per heavy atom. The summed E-state index contributed by atoms with van der Waals surface area (Å²) < 4.78 is 12.0. The molecule has 1 N–H and O–H groups in total. The first-order valence-electron chi connectivity index (χ1n) is 12.6. The van der Waals surface area contributed by atoms with E-state index < -0.39 is 11.0 Å². The van der Waals surface area contributed by atoms with E-state index in [9.17, 15) is 9.59 Å². The Bertz CT molecular complexity index is 1180. The molecule has 6 aliphatic heterocycles. The van der Waals surface area contributed by atoms with E-state index in [2.05, 4.69) is 41.6 Å². The number of rotatable bonds is 0. The monoisotopic (exact) mass is 463 g/mol. The van der Waals surface area contributed by atoms with Gasteiger partial charge in [-0.1, -0.05) is 26.5 Å². The van der Waals surface area contributed by atoms with Crippen LogP contribution in [0.15, 0.2) is 24.3 Å².